The first-order chi connectivity index (χ1) is 13.4. The van der Waals surface area contributed by atoms with Crippen LogP contribution in [-0.4, -0.2) is 62.7 Å². The van der Waals surface area contributed by atoms with Crippen LogP contribution in [-0.2, 0) is 9.53 Å². The van der Waals surface area contributed by atoms with Gasteiger partial charge >= 0.3 is 0 Å². The van der Waals surface area contributed by atoms with Crippen LogP contribution in [0.5, 0.6) is 5.75 Å². The van der Waals surface area contributed by atoms with Gasteiger partial charge in [0.25, 0.3) is 5.91 Å². The Kier molecular flexibility index (Phi) is 6.57. The highest BCUT2D eigenvalue weighted by Crippen LogP contribution is 2.31. The molecule has 0 saturated heterocycles. The molecule has 1 fully saturated rings. The number of benzene rings is 1. The summed E-state index contributed by atoms with van der Waals surface area (Å²) < 4.78 is 11.6. The van der Waals surface area contributed by atoms with Gasteiger partial charge in [0.2, 0.25) is 5.91 Å². The van der Waals surface area contributed by atoms with Crippen molar-refractivity contribution in [2.75, 3.05) is 39.2 Å². The molecule has 3 rings (SSSR count). The summed E-state index contributed by atoms with van der Waals surface area (Å²) in [7, 11) is 3.44. The second-order valence-electron chi connectivity index (χ2n) is 8.03. The topological polar surface area (TPSA) is 79.9 Å². The van der Waals surface area contributed by atoms with E-state index < -0.39 is 0 Å². The maximum absolute atomic E-state index is 13.1. The molecule has 3 atom stereocenters. The summed E-state index contributed by atoms with van der Waals surface area (Å²) in [5.41, 5.74) is 1.07. The first kappa shape index (κ1) is 20.6. The number of rotatable bonds is 3. The summed E-state index contributed by atoms with van der Waals surface area (Å²) in [6.45, 7) is 5.87. The second-order valence-corrected chi connectivity index (χ2v) is 8.03. The van der Waals surface area contributed by atoms with Crippen LogP contribution in [0.2, 0.25) is 0 Å². The molecule has 0 unspecified atom stereocenters. The van der Waals surface area contributed by atoms with Crippen molar-refractivity contribution >= 4 is 17.5 Å². The van der Waals surface area contributed by atoms with E-state index in [-0.39, 0.29) is 35.8 Å². The average molecular weight is 389 g/mol. The highest BCUT2D eigenvalue weighted by Gasteiger charge is 2.30. The average Bonchev–Trinajstić information content (AvgIpc) is 3.53. The van der Waals surface area contributed by atoms with E-state index in [1.165, 1.54) is 0 Å². The predicted molar refractivity (Wildman–Crippen MR) is 108 cm³/mol. The Morgan fingerprint density at radius 2 is 2.07 bits per heavy atom. The summed E-state index contributed by atoms with van der Waals surface area (Å²) in [5.74, 6) is 0.739. The van der Waals surface area contributed by atoms with Crippen molar-refractivity contribution in [2.45, 2.75) is 38.8 Å². The molecule has 1 saturated carbocycles. The smallest absolute Gasteiger partial charge is 0.257 e. The molecule has 7 nitrogen and oxygen atoms in total. The van der Waals surface area contributed by atoms with Gasteiger partial charge in [-0.3, -0.25) is 9.59 Å². The molecule has 0 bridgehead atoms. The molecule has 2 aliphatic rings. The van der Waals surface area contributed by atoms with Crippen LogP contribution in [0, 0.1) is 11.8 Å². The summed E-state index contributed by atoms with van der Waals surface area (Å²) in [6.07, 6.45) is 1.79. The molecular formula is C21H31N3O4. The number of carbonyl (C=O) groups is 2. The molecule has 2 amide bonds. The first-order valence-corrected chi connectivity index (χ1v) is 9.98. The van der Waals surface area contributed by atoms with Gasteiger partial charge in [0.1, 0.15) is 12.4 Å². The molecular weight excluding hydrogens is 358 g/mol. The maximum atomic E-state index is 13.1. The summed E-state index contributed by atoms with van der Waals surface area (Å²) >= 11 is 0. The fraction of sp³-hybridized carbons (Fsp3) is 0.619. The third kappa shape index (κ3) is 5.02. The molecule has 0 radical (unpaired) electrons. The summed E-state index contributed by atoms with van der Waals surface area (Å²) in [6, 6.07) is 5.40. The van der Waals surface area contributed by atoms with Crippen molar-refractivity contribution in [3.63, 3.8) is 0 Å². The normalized spacial score (nSPS) is 26.5. The molecule has 1 heterocycles. The van der Waals surface area contributed by atoms with Crippen molar-refractivity contribution in [1.82, 2.24) is 10.2 Å². The van der Waals surface area contributed by atoms with Crippen LogP contribution in [0.4, 0.5) is 5.69 Å². The Bertz CT molecular complexity index is 720. The van der Waals surface area contributed by atoms with Crippen molar-refractivity contribution in [1.29, 1.82) is 0 Å². The summed E-state index contributed by atoms with van der Waals surface area (Å²) in [4.78, 5) is 26.9. The van der Waals surface area contributed by atoms with Gasteiger partial charge in [-0.15, -0.1) is 0 Å². The van der Waals surface area contributed by atoms with Gasteiger partial charge in [-0.2, -0.15) is 0 Å². The zero-order valence-corrected chi connectivity index (χ0v) is 17.2. The lowest BCUT2D eigenvalue weighted by molar-refractivity contribution is -0.117. The predicted octanol–water partition coefficient (Wildman–Crippen LogP) is 2.13. The lowest BCUT2D eigenvalue weighted by Crippen LogP contribution is -2.44. The first-order valence-electron chi connectivity index (χ1n) is 9.98. The van der Waals surface area contributed by atoms with Crippen LogP contribution in [0.15, 0.2) is 18.2 Å². The van der Waals surface area contributed by atoms with E-state index in [0.29, 0.717) is 30.2 Å². The molecule has 1 aliphatic heterocycles. The van der Waals surface area contributed by atoms with Crippen LogP contribution in [0.1, 0.15) is 37.0 Å². The number of carbonyl (C=O) groups excluding carboxylic acids is 2. The van der Waals surface area contributed by atoms with Crippen LogP contribution >= 0.6 is 0 Å². The molecule has 28 heavy (non-hydrogen) atoms. The SMILES string of the molecule is CO[C@H]1CN(C)C(=O)c2cc(NC(=O)C3CC3)ccc2OC[C@H](C)NC[C@H]1C. The molecule has 0 spiro atoms. The molecule has 1 aliphatic carbocycles. The molecule has 7 heteroatoms. The number of ether oxygens (including phenoxy) is 2. The van der Waals surface area contributed by atoms with Gasteiger partial charge in [0.15, 0.2) is 0 Å². The number of nitrogens with zero attached hydrogens (tertiary/aromatic N) is 1. The number of anilines is 1. The van der Waals surface area contributed by atoms with Gasteiger partial charge in [-0.25, -0.2) is 0 Å². The van der Waals surface area contributed by atoms with Gasteiger partial charge in [0.05, 0.1) is 11.7 Å². The second kappa shape index (κ2) is 8.92. The Morgan fingerprint density at radius 3 is 2.75 bits per heavy atom. The number of amides is 2. The third-order valence-corrected chi connectivity index (χ3v) is 5.44. The zero-order chi connectivity index (χ0) is 20.3. The van der Waals surface area contributed by atoms with E-state index in [4.69, 9.17) is 9.47 Å². The Hall–Kier alpha value is -2.12. The number of fused-ring (bicyclic) bond motifs is 1. The zero-order valence-electron chi connectivity index (χ0n) is 17.2. The van der Waals surface area contributed by atoms with E-state index in [0.717, 1.165) is 19.4 Å². The lowest BCUT2D eigenvalue weighted by atomic mass is 10.0. The molecule has 1 aromatic carbocycles. The number of likely N-dealkylation sites (N-methyl/N-ethyl adjacent to an activating group) is 1. The van der Waals surface area contributed by atoms with E-state index in [1.54, 1.807) is 37.3 Å². The number of nitrogens with one attached hydrogen (secondary N) is 2. The monoisotopic (exact) mass is 389 g/mol. The number of methoxy groups -OCH3 is 1. The minimum atomic E-state index is -0.145. The van der Waals surface area contributed by atoms with Crippen molar-refractivity contribution in [3.8, 4) is 5.75 Å². The lowest BCUT2D eigenvalue weighted by Gasteiger charge is -2.30. The standard InChI is InChI=1S/C21H31N3O4/c1-13-10-22-14(2)12-28-18-8-7-16(23-20(25)15-5-6-15)9-17(18)21(26)24(3)11-19(13)27-4/h7-9,13-15,19,22H,5-6,10-12H2,1-4H3,(H,23,25)/t13-,14+,19+/m1/s1. The highest BCUT2D eigenvalue weighted by atomic mass is 16.5. The van der Waals surface area contributed by atoms with E-state index in [2.05, 4.69) is 24.5 Å². The molecule has 2 N–H and O–H groups in total. The Morgan fingerprint density at radius 1 is 1.32 bits per heavy atom. The fourth-order valence-electron chi connectivity index (χ4n) is 3.33. The largest absolute Gasteiger partial charge is 0.491 e. The van der Waals surface area contributed by atoms with Crippen molar-refractivity contribution in [2.24, 2.45) is 11.8 Å². The van der Waals surface area contributed by atoms with Crippen molar-refractivity contribution < 1.29 is 19.1 Å². The van der Waals surface area contributed by atoms with Crippen LogP contribution < -0.4 is 15.4 Å². The Labute approximate surface area is 166 Å². The van der Waals surface area contributed by atoms with E-state index in [1.807, 2.05) is 0 Å². The van der Waals surface area contributed by atoms with Crippen LogP contribution in [0.3, 0.4) is 0 Å². The molecule has 0 aromatic heterocycles. The van der Waals surface area contributed by atoms with Crippen LogP contribution in [0.25, 0.3) is 0 Å². The quantitative estimate of drug-likeness (QED) is 0.828. The van der Waals surface area contributed by atoms with Gasteiger partial charge in [0, 0.05) is 44.9 Å². The van der Waals surface area contributed by atoms with E-state index in [9.17, 15) is 9.59 Å². The maximum Gasteiger partial charge on any atom is 0.257 e. The van der Waals surface area contributed by atoms with Gasteiger partial charge in [-0.1, -0.05) is 6.92 Å². The fourth-order valence-corrected chi connectivity index (χ4v) is 3.33. The number of hydrogen-bond donors (Lipinski definition) is 2. The van der Waals surface area contributed by atoms with E-state index >= 15 is 0 Å². The molecule has 154 valence electrons. The minimum Gasteiger partial charge on any atom is -0.491 e. The Balaban J connectivity index is 1.87. The number of hydrogen-bond acceptors (Lipinski definition) is 5. The van der Waals surface area contributed by atoms with Gasteiger partial charge < -0.3 is 25.0 Å². The third-order valence-electron chi connectivity index (χ3n) is 5.44. The van der Waals surface area contributed by atoms with Crippen molar-refractivity contribution in [3.05, 3.63) is 23.8 Å². The van der Waals surface area contributed by atoms with Gasteiger partial charge in [-0.05, 0) is 43.9 Å². The highest BCUT2D eigenvalue weighted by molar-refractivity contribution is 6.00. The molecule has 1 aromatic rings. The minimum absolute atomic E-state index is 0.0147. The summed E-state index contributed by atoms with van der Waals surface area (Å²) in [5, 5.41) is 6.37.